The SMILES string of the molecule is C[C@H](NC(=O)CC(N)C(C)(C)C)c1cccc(Br)c1. The summed E-state index contributed by atoms with van der Waals surface area (Å²) in [4.78, 5) is 12.0. The van der Waals surface area contributed by atoms with E-state index in [0.29, 0.717) is 6.42 Å². The van der Waals surface area contributed by atoms with Crippen molar-refractivity contribution in [2.45, 2.75) is 46.2 Å². The Morgan fingerprint density at radius 2 is 2.05 bits per heavy atom. The molecule has 0 fully saturated rings. The zero-order valence-electron chi connectivity index (χ0n) is 12.0. The van der Waals surface area contributed by atoms with Crippen LogP contribution in [-0.2, 0) is 4.79 Å². The summed E-state index contributed by atoms with van der Waals surface area (Å²) in [6, 6.07) is 7.78. The van der Waals surface area contributed by atoms with Gasteiger partial charge in [-0.25, -0.2) is 0 Å². The number of benzene rings is 1. The van der Waals surface area contributed by atoms with Gasteiger partial charge < -0.3 is 11.1 Å². The fourth-order valence-corrected chi connectivity index (χ4v) is 2.08. The van der Waals surface area contributed by atoms with Gasteiger partial charge in [-0.05, 0) is 30.0 Å². The van der Waals surface area contributed by atoms with E-state index in [1.54, 1.807) is 0 Å². The zero-order chi connectivity index (χ0) is 14.6. The molecule has 0 radical (unpaired) electrons. The monoisotopic (exact) mass is 326 g/mol. The number of hydrogen-bond donors (Lipinski definition) is 2. The maximum absolute atomic E-state index is 12.0. The van der Waals surface area contributed by atoms with Gasteiger partial charge in [0.15, 0.2) is 0 Å². The lowest BCUT2D eigenvalue weighted by molar-refractivity contribution is -0.122. The zero-order valence-corrected chi connectivity index (χ0v) is 13.6. The van der Waals surface area contributed by atoms with Crippen LogP contribution in [0.3, 0.4) is 0 Å². The van der Waals surface area contributed by atoms with Gasteiger partial charge in [-0.2, -0.15) is 0 Å². The molecule has 0 saturated heterocycles. The number of nitrogens with one attached hydrogen (secondary N) is 1. The Kier molecular flexibility index (Phi) is 5.56. The van der Waals surface area contributed by atoms with Gasteiger partial charge >= 0.3 is 0 Å². The van der Waals surface area contributed by atoms with Gasteiger partial charge in [0.1, 0.15) is 0 Å². The number of rotatable bonds is 4. The van der Waals surface area contributed by atoms with Crippen molar-refractivity contribution in [3.8, 4) is 0 Å². The van der Waals surface area contributed by atoms with E-state index in [0.717, 1.165) is 10.0 Å². The standard InChI is InChI=1S/C15H23BrN2O/c1-10(11-6-5-7-12(16)8-11)18-14(19)9-13(17)15(2,3)4/h5-8,10,13H,9,17H2,1-4H3,(H,18,19)/t10-,13?/m0/s1. The molecule has 0 saturated carbocycles. The second kappa shape index (κ2) is 6.53. The van der Waals surface area contributed by atoms with Crippen molar-refractivity contribution in [1.82, 2.24) is 5.32 Å². The molecule has 0 heterocycles. The van der Waals surface area contributed by atoms with Gasteiger partial charge in [0.2, 0.25) is 5.91 Å². The summed E-state index contributed by atoms with van der Waals surface area (Å²) in [5, 5.41) is 2.99. The summed E-state index contributed by atoms with van der Waals surface area (Å²) >= 11 is 3.43. The molecule has 19 heavy (non-hydrogen) atoms. The third kappa shape index (κ3) is 5.33. The molecular formula is C15H23BrN2O. The van der Waals surface area contributed by atoms with Crippen LogP contribution in [0.1, 0.15) is 45.7 Å². The first-order valence-corrected chi connectivity index (χ1v) is 7.30. The normalized spacial score (nSPS) is 14.8. The number of amides is 1. The first-order chi connectivity index (χ1) is 8.70. The Morgan fingerprint density at radius 1 is 1.42 bits per heavy atom. The van der Waals surface area contributed by atoms with E-state index in [9.17, 15) is 4.79 Å². The molecule has 1 unspecified atom stereocenters. The van der Waals surface area contributed by atoms with Crippen LogP contribution in [0.2, 0.25) is 0 Å². The van der Waals surface area contributed by atoms with Gasteiger partial charge in [-0.15, -0.1) is 0 Å². The summed E-state index contributed by atoms with van der Waals surface area (Å²) in [5.41, 5.74) is 7.04. The second-order valence-electron chi connectivity index (χ2n) is 6.02. The van der Waals surface area contributed by atoms with E-state index in [4.69, 9.17) is 5.73 Å². The third-order valence-corrected chi connectivity index (χ3v) is 3.74. The van der Waals surface area contributed by atoms with Crippen molar-refractivity contribution in [3.63, 3.8) is 0 Å². The molecule has 1 rings (SSSR count). The summed E-state index contributed by atoms with van der Waals surface area (Å²) in [6.07, 6.45) is 0.349. The molecule has 4 heteroatoms. The first-order valence-electron chi connectivity index (χ1n) is 6.50. The largest absolute Gasteiger partial charge is 0.350 e. The third-order valence-electron chi connectivity index (χ3n) is 3.24. The number of nitrogens with two attached hydrogens (primary N) is 1. The molecule has 2 atom stereocenters. The van der Waals surface area contributed by atoms with Crippen LogP contribution in [0.4, 0.5) is 0 Å². The van der Waals surface area contributed by atoms with Crippen molar-refractivity contribution < 1.29 is 4.79 Å². The van der Waals surface area contributed by atoms with Crippen LogP contribution < -0.4 is 11.1 Å². The number of hydrogen-bond acceptors (Lipinski definition) is 2. The van der Waals surface area contributed by atoms with Crippen LogP contribution >= 0.6 is 15.9 Å². The fraction of sp³-hybridized carbons (Fsp3) is 0.533. The molecule has 3 nitrogen and oxygen atoms in total. The van der Waals surface area contributed by atoms with Crippen LogP contribution in [0.25, 0.3) is 0 Å². The highest BCUT2D eigenvalue weighted by molar-refractivity contribution is 9.10. The molecular weight excluding hydrogens is 304 g/mol. The average Bonchev–Trinajstić information content (AvgIpc) is 2.27. The van der Waals surface area contributed by atoms with Crippen LogP contribution in [0, 0.1) is 5.41 Å². The summed E-state index contributed by atoms with van der Waals surface area (Å²) in [6.45, 7) is 8.11. The molecule has 106 valence electrons. The van der Waals surface area contributed by atoms with Crippen molar-refractivity contribution in [3.05, 3.63) is 34.3 Å². The molecule has 1 amide bonds. The van der Waals surface area contributed by atoms with Crippen LogP contribution in [0.15, 0.2) is 28.7 Å². The fourth-order valence-electron chi connectivity index (χ4n) is 1.67. The van der Waals surface area contributed by atoms with E-state index < -0.39 is 0 Å². The molecule has 0 spiro atoms. The lowest BCUT2D eigenvalue weighted by Gasteiger charge is -2.27. The highest BCUT2D eigenvalue weighted by atomic mass is 79.9. The van der Waals surface area contributed by atoms with Gasteiger partial charge in [0.25, 0.3) is 0 Å². The summed E-state index contributed by atoms with van der Waals surface area (Å²) < 4.78 is 1.01. The Morgan fingerprint density at radius 3 is 2.58 bits per heavy atom. The topological polar surface area (TPSA) is 55.1 Å². The predicted octanol–water partition coefficient (Wildman–Crippen LogP) is 3.39. The minimum absolute atomic E-state index is 0.00472. The molecule has 0 bridgehead atoms. The lowest BCUT2D eigenvalue weighted by atomic mass is 9.85. The second-order valence-corrected chi connectivity index (χ2v) is 6.94. The predicted molar refractivity (Wildman–Crippen MR) is 82.7 cm³/mol. The quantitative estimate of drug-likeness (QED) is 0.891. The lowest BCUT2D eigenvalue weighted by Crippen LogP contribution is -2.40. The molecule has 0 aromatic heterocycles. The Labute approximate surface area is 124 Å². The van der Waals surface area contributed by atoms with Crippen LogP contribution in [-0.4, -0.2) is 11.9 Å². The number of carbonyl (C=O) groups excluding carboxylic acids is 1. The van der Waals surface area contributed by atoms with E-state index in [1.165, 1.54) is 0 Å². The Bertz CT molecular complexity index is 440. The first kappa shape index (κ1) is 16.2. The Balaban J connectivity index is 2.58. The van der Waals surface area contributed by atoms with Gasteiger partial charge in [0.05, 0.1) is 6.04 Å². The maximum atomic E-state index is 12.0. The molecule has 3 N–H and O–H groups in total. The maximum Gasteiger partial charge on any atom is 0.222 e. The van der Waals surface area contributed by atoms with Crippen molar-refractivity contribution in [2.24, 2.45) is 11.1 Å². The smallest absolute Gasteiger partial charge is 0.222 e. The average molecular weight is 327 g/mol. The van der Waals surface area contributed by atoms with Gasteiger partial charge in [0, 0.05) is 16.9 Å². The molecule has 1 aromatic carbocycles. The van der Waals surface area contributed by atoms with Crippen molar-refractivity contribution in [2.75, 3.05) is 0 Å². The molecule has 0 aliphatic heterocycles. The Hall–Kier alpha value is -0.870. The minimum Gasteiger partial charge on any atom is -0.350 e. The van der Waals surface area contributed by atoms with Crippen LogP contribution in [0.5, 0.6) is 0 Å². The molecule has 0 aliphatic carbocycles. The van der Waals surface area contributed by atoms with E-state index in [1.807, 2.05) is 52.0 Å². The minimum atomic E-state index is -0.137. The molecule has 0 aliphatic rings. The van der Waals surface area contributed by atoms with E-state index in [2.05, 4.69) is 21.2 Å². The summed E-state index contributed by atoms with van der Waals surface area (Å²) in [5.74, 6) is -0.00472. The van der Waals surface area contributed by atoms with Gasteiger partial charge in [-0.3, -0.25) is 4.79 Å². The highest BCUT2D eigenvalue weighted by Gasteiger charge is 2.23. The number of halogens is 1. The van der Waals surface area contributed by atoms with Crippen molar-refractivity contribution in [1.29, 1.82) is 0 Å². The summed E-state index contributed by atoms with van der Waals surface area (Å²) in [7, 11) is 0. The number of carbonyl (C=O) groups is 1. The van der Waals surface area contributed by atoms with Crippen molar-refractivity contribution >= 4 is 21.8 Å². The molecule has 1 aromatic rings. The van der Waals surface area contributed by atoms with Gasteiger partial charge in [-0.1, -0.05) is 48.8 Å². The highest BCUT2D eigenvalue weighted by Crippen LogP contribution is 2.21. The van der Waals surface area contributed by atoms with E-state index in [-0.39, 0.29) is 23.4 Å². The van der Waals surface area contributed by atoms with E-state index >= 15 is 0 Å².